The van der Waals surface area contributed by atoms with E-state index in [2.05, 4.69) is 26.2 Å². The van der Waals surface area contributed by atoms with Crippen molar-refractivity contribution in [2.75, 3.05) is 19.5 Å². The summed E-state index contributed by atoms with van der Waals surface area (Å²) in [6, 6.07) is 11.5. The summed E-state index contributed by atoms with van der Waals surface area (Å²) in [5.74, 6) is 1.41. The second-order valence-corrected chi connectivity index (χ2v) is 4.79. The molecule has 0 bridgehead atoms. The van der Waals surface area contributed by atoms with Crippen molar-refractivity contribution in [1.82, 2.24) is 4.98 Å². The SMILES string of the molecule is COc1cccc(CNc2cc(Br)ccc2OC)n1. The van der Waals surface area contributed by atoms with Gasteiger partial charge < -0.3 is 14.8 Å². The van der Waals surface area contributed by atoms with Crippen LogP contribution in [0, 0.1) is 0 Å². The van der Waals surface area contributed by atoms with Crippen molar-refractivity contribution in [2.24, 2.45) is 0 Å². The Morgan fingerprint density at radius 1 is 1.16 bits per heavy atom. The molecule has 0 spiro atoms. The van der Waals surface area contributed by atoms with E-state index in [0.29, 0.717) is 12.4 Å². The van der Waals surface area contributed by atoms with E-state index in [4.69, 9.17) is 9.47 Å². The van der Waals surface area contributed by atoms with Crippen LogP contribution in [-0.2, 0) is 6.54 Å². The van der Waals surface area contributed by atoms with E-state index in [1.165, 1.54) is 0 Å². The van der Waals surface area contributed by atoms with Crippen molar-refractivity contribution in [1.29, 1.82) is 0 Å². The van der Waals surface area contributed by atoms with E-state index in [0.717, 1.165) is 21.6 Å². The topological polar surface area (TPSA) is 43.4 Å². The Kier molecular flexibility index (Phi) is 4.63. The third-order valence-corrected chi connectivity index (χ3v) is 3.11. The number of nitrogens with one attached hydrogen (secondary N) is 1. The Morgan fingerprint density at radius 2 is 2.00 bits per heavy atom. The molecule has 4 nitrogen and oxygen atoms in total. The van der Waals surface area contributed by atoms with Crippen LogP contribution in [-0.4, -0.2) is 19.2 Å². The minimum Gasteiger partial charge on any atom is -0.495 e. The number of pyridine rings is 1. The molecular weight excluding hydrogens is 308 g/mol. The molecule has 0 radical (unpaired) electrons. The highest BCUT2D eigenvalue weighted by atomic mass is 79.9. The Bertz CT molecular complexity index is 561. The first-order valence-electron chi connectivity index (χ1n) is 5.80. The zero-order chi connectivity index (χ0) is 13.7. The third-order valence-electron chi connectivity index (χ3n) is 2.61. The van der Waals surface area contributed by atoms with Crippen molar-refractivity contribution in [2.45, 2.75) is 6.54 Å². The quantitative estimate of drug-likeness (QED) is 0.915. The van der Waals surface area contributed by atoms with Crippen LogP contribution in [0.2, 0.25) is 0 Å². The fourth-order valence-electron chi connectivity index (χ4n) is 1.67. The molecule has 0 atom stereocenters. The van der Waals surface area contributed by atoms with Crippen LogP contribution >= 0.6 is 15.9 Å². The monoisotopic (exact) mass is 322 g/mol. The van der Waals surface area contributed by atoms with Crippen molar-refractivity contribution < 1.29 is 9.47 Å². The number of benzene rings is 1. The van der Waals surface area contributed by atoms with Gasteiger partial charge in [0.2, 0.25) is 5.88 Å². The molecule has 1 aromatic heterocycles. The van der Waals surface area contributed by atoms with E-state index in [9.17, 15) is 0 Å². The minimum atomic E-state index is 0.601. The summed E-state index contributed by atoms with van der Waals surface area (Å²) < 4.78 is 11.4. The molecule has 5 heteroatoms. The number of rotatable bonds is 5. The molecule has 1 aromatic carbocycles. The molecule has 2 rings (SSSR count). The number of anilines is 1. The number of aromatic nitrogens is 1. The van der Waals surface area contributed by atoms with E-state index in [1.54, 1.807) is 14.2 Å². The summed E-state index contributed by atoms with van der Waals surface area (Å²) in [6.07, 6.45) is 0. The fraction of sp³-hybridized carbons (Fsp3) is 0.214. The van der Waals surface area contributed by atoms with Gasteiger partial charge in [-0.25, -0.2) is 4.98 Å². The molecule has 2 aromatic rings. The summed E-state index contributed by atoms with van der Waals surface area (Å²) in [7, 11) is 3.26. The first-order valence-corrected chi connectivity index (χ1v) is 6.59. The van der Waals surface area contributed by atoms with Gasteiger partial charge in [-0.2, -0.15) is 0 Å². The summed E-state index contributed by atoms with van der Waals surface area (Å²) in [6.45, 7) is 0.601. The first kappa shape index (κ1) is 13.7. The van der Waals surface area contributed by atoms with Gasteiger partial charge in [0.1, 0.15) is 5.75 Å². The predicted octanol–water partition coefficient (Wildman–Crippen LogP) is 3.47. The summed E-state index contributed by atoms with van der Waals surface area (Å²) >= 11 is 3.44. The lowest BCUT2D eigenvalue weighted by Crippen LogP contribution is -2.03. The van der Waals surface area contributed by atoms with Crippen molar-refractivity contribution in [3.05, 3.63) is 46.6 Å². The summed E-state index contributed by atoms with van der Waals surface area (Å²) in [4.78, 5) is 4.35. The van der Waals surface area contributed by atoms with E-state index in [1.807, 2.05) is 36.4 Å². The lowest BCUT2D eigenvalue weighted by Gasteiger charge is -2.11. The Balaban J connectivity index is 2.11. The van der Waals surface area contributed by atoms with Gasteiger partial charge in [0.25, 0.3) is 0 Å². The van der Waals surface area contributed by atoms with Gasteiger partial charge in [-0.1, -0.05) is 22.0 Å². The van der Waals surface area contributed by atoms with Crippen LogP contribution in [0.5, 0.6) is 11.6 Å². The zero-order valence-electron chi connectivity index (χ0n) is 10.8. The Hall–Kier alpha value is -1.75. The molecule has 1 heterocycles. The normalized spacial score (nSPS) is 10.1. The number of hydrogen-bond acceptors (Lipinski definition) is 4. The highest BCUT2D eigenvalue weighted by molar-refractivity contribution is 9.10. The molecule has 0 unspecified atom stereocenters. The maximum Gasteiger partial charge on any atom is 0.213 e. The molecule has 19 heavy (non-hydrogen) atoms. The largest absolute Gasteiger partial charge is 0.495 e. The minimum absolute atomic E-state index is 0.601. The molecule has 100 valence electrons. The number of nitrogens with zero attached hydrogens (tertiary/aromatic N) is 1. The molecule has 0 fully saturated rings. The molecular formula is C14H15BrN2O2. The number of halogens is 1. The zero-order valence-corrected chi connectivity index (χ0v) is 12.4. The number of methoxy groups -OCH3 is 2. The van der Waals surface area contributed by atoms with Crippen LogP contribution in [0.1, 0.15) is 5.69 Å². The van der Waals surface area contributed by atoms with Crippen LogP contribution < -0.4 is 14.8 Å². The molecule has 1 N–H and O–H groups in total. The van der Waals surface area contributed by atoms with Crippen molar-refractivity contribution in [3.8, 4) is 11.6 Å². The lowest BCUT2D eigenvalue weighted by atomic mass is 10.2. The van der Waals surface area contributed by atoms with Crippen LogP contribution in [0.25, 0.3) is 0 Å². The molecule has 0 aliphatic rings. The second-order valence-electron chi connectivity index (χ2n) is 3.87. The molecule has 0 aliphatic heterocycles. The van der Waals surface area contributed by atoms with Crippen LogP contribution in [0.4, 0.5) is 5.69 Å². The first-order chi connectivity index (χ1) is 9.22. The summed E-state index contributed by atoms with van der Waals surface area (Å²) in [5, 5.41) is 3.30. The molecule has 0 saturated carbocycles. The average Bonchev–Trinajstić information content (AvgIpc) is 2.45. The second kappa shape index (κ2) is 6.43. The fourth-order valence-corrected chi connectivity index (χ4v) is 2.03. The van der Waals surface area contributed by atoms with E-state index in [-0.39, 0.29) is 0 Å². The van der Waals surface area contributed by atoms with E-state index < -0.39 is 0 Å². The van der Waals surface area contributed by atoms with Gasteiger partial charge >= 0.3 is 0 Å². The van der Waals surface area contributed by atoms with E-state index >= 15 is 0 Å². The van der Waals surface area contributed by atoms with Gasteiger partial charge in [0, 0.05) is 10.5 Å². The predicted molar refractivity (Wildman–Crippen MR) is 78.8 cm³/mol. The highest BCUT2D eigenvalue weighted by Crippen LogP contribution is 2.28. The highest BCUT2D eigenvalue weighted by Gasteiger charge is 2.04. The average molecular weight is 323 g/mol. The maximum atomic E-state index is 5.31. The lowest BCUT2D eigenvalue weighted by molar-refractivity contribution is 0.396. The Labute approximate surface area is 120 Å². The number of ether oxygens (including phenoxy) is 2. The number of hydrogen-bond donors (Lipinski definition) is 1. The van der Waals surface area contributed by atoms with Crippen LogP contribution in [0.15, 0.2) is 40.9 Å². The van der Waals surface area contributed by atoms with Crippen molar-refractivity contribution >= 4 is 21.6 Å². The van der Waals surface area contributed by atoms with Gasteiger partial charge in [-0.3, -0.25) is 0 Å². The third kappa shape index (κ3) is 3.61. The standard InChI is InChI=1S/C14H15BrN2O2/c1-18-13-7-6-10(15)8-12(13)16-9-11-4-3-5-14(17-11)19-2/h3-8,16H,9H2,1-2H3. The smallest absolute Gasteiger partial charge is 0.213 e. The van der Waals surface area contributed by atoms with Gasteiger partial charge in [0.05, 0.1) is 32.1 Å². The molecule has 0 amide bonds. The molecule has 0 saturated heterocycles. The summed E-state index contributed by atoms with van der Waals surface area (Å²) in [5.41, 5.74) is 1.82. The van der Waals surface area contributed by atoms with Gasteiger partial charge in [0.15, 0.2) is 0 Å². The van der Waals surface area contributed by atoms with Gasteiger partial charge in [-0.15, -0.1) is 0 Å². The van der Waals surface area contributed by atoms with Gasteiger partial charge in [-0.05, 0) is 24.3 Å². The molecule has 0 aliphatic carbocycles. The van der Waals surface area contributed by atoms with Crippen LogP contribution in [0.3, 0.4) is 0 Å². The van der Waals surface area contributed by atoms with Crippen molar-refractivity contribution in [3.63, 3.8) is 0 Å². The Morgan fingerprint density at radius 3 is 2.74 bits per heavy atom. The maximum absolute atomic E-state index is 5.31.